The highest BCUT2D eigenvalue weighted by Gasteiger charge is 2.24. The van der Waals surface area contributed by atoms with Crippen molar-refractivity contribution < 1.29 is 0 Å². The number of aryl methyl sites for hydroxylation is 1. The van der Waals surface area contributed by atoms with E-state index in [0.717, 1.165) is 31.2 Å². The third-order valence-electron chi connectivity index (χ3n) is 3.58. The Labute approximate surface area is 112 Å². The second-order valence-corrected chi connectivity index (χ2v) is 4.92. The van der Waals surface area contributed by atoms with Gasteiger partial charge in [0.05, 0.1) is 5.69 Å². The second kappa shape index (κ2) is 5.30. The molecule has 19 heavy (non-hydrogen) atoms. The van der Waals surface area contributed by atoms with Gasteiger partial charge in [-0.1, -0.05) is 0 Å². The molecule has 5 heteroatoms. The van der Waals surface area contributed by atoms with Crippen LogP contribution in [0.1, 0.15) is 30.0 Å². The Morgan fingerprint density at radius 1 is 1.21 bits per heavy atom. The molecule has 1 fully saturated rings. The zero-order valence-electron chi connectivity index (χ0n) is 11.0. The molecule has 1 aliphatic rings. The van der Waals surface area contributed by atoms with E-state index in [1.165, 1.54) is 12.0 Å². The monoisotopic (exact) mass is 255 g/mol. The molecule has 1 saturated heterocycles. The van der Waals surface area contributed by atoms with E-state index in [-0.39, 0.29) is 0 Å². The summed E-state index contributed by atoms with van der Waals surface area (Å²) in [5, 5.41) is 0. The number of anilines is 1. The average molecular weight is 255 g/mol. The molecular weight excluding hydrogens is 238 g/mol. The van der Waals surface area contributed by atoms with Crippen LogP contribution in [0.2, 0.25) is 0 Å². The Bertz CT molecular complexity index is 543. The van der Waals surface area contributed by atoms with Gasteiger partial charge in [0.25, 0.3) is 0 Å². The molecule has 0 amide bonds. The van der Waals surface area contributed by atoms with Gasteiger partial charge in [0.1, 0.15) is 6.33 Å². The van der Waals surface area contributed by atoms with Crippen LogP contribution < -0.4 is 4.90 Å². The maximum Gasteiger partial charge on any atom is 0.225 e. The molecule has 0 bridgehead atoms. The van der Waals surface area contributed by atoms with E-state index in [2.05, 4.69) is 31.8 Å². The van der Waals surface area contributed by atoms with Gasteiger partial charge in [-0.05, 0) is 31.4 Å². The first-order valence-electron chi connectivity index (χ1n) is 6.63. The first kappa shape index (κ1) is 12.0. The van der Waals surface area contributed by atoms with Gasteiger partial charge in [-0.2, -0.15) is 0 Å². The lowest BCUT2D eigenvalue weighted by Gasteiger charge is -2.32. The minimum atomic E-state index is 0.445. The van der Waals surface area contributed by atoms with Crippen molar-refractivity contribution in [3.05, 3.63) is 42.2 Å². The first-order chi connectivity index (χ1) is 9.34. The largest absolute Gasteiger partial charge is 0.340 e. The van der Waals surface area contributed by atoms with Crippen molar-refractivity contribution in [3.63, 3.8) is 0 Å². The van der Waals surface area contributed by atoms with Crippen molar-refractivity contribution in [2.45, 2.75) is 25.7 Å². The van der Waals surface area contributed by atoms with E-state index in [9.17, 15) is 0 Å². The number of aromatic nitrogens is 4. The molecule has 0 aromatic carbocycles. The van der Waals surface area contributed by atoms with Crippen LogP contribution in [0.15, 0.2) is 31.0 Å². The normalized spacial score (nSPS) is 19.4. The fraction of sp³-hybridized carbons (Fsp3) is 0.429. The van der Waals surface area contributed by atoms with Crippen molar-refractivity contribution in [2.24, 2.45) is 0 Å². The highest BCUT2D eigenvalue weighted by atomic mass is 15.2. The molecule has 3 rings (SSSR count). The van der Waals surface area contributed by atoms with Crippen LogP contribution in [-0.2, 0) is 0 Å². The topological polar surface area (TPSA) is 54.8 Å². The third-order valence-corrected chi connectivity index (χ3v) is 3.58. The maximum absolute atomic E-state index is 4.45. The van der Waals surface area contributed by atoms with Gasteiger partial charge >= 0.3 is 0 Å². The minimum absolute atomic E-state index is 0.445. The summed E-state index contributed by atoms with van der Waals surface area (Å²) in [6.45, 7) is 4.03. The number of hydrogen-bond donors (Lipinski definition) is 0. The molecule has 0 spiro atoms. The smallest absolute Gasteiger partial charge is 0.225 e. The van der Waals surface area contributed by atoms with E-state index in [1.807, 2.05) is 12.3 Å². The van der Waals surface area contributed by atoms with Gasteiger partial charge in [0.2, 0.25) is 5.95 Å². The summed E-state index contributed by atoms with van der Waals surface area (Å²) < 4.78 is 0. The number of nitrogens with zero attached hydrogens (tertiary/aromatic N) is 5. The predicted molar refractivity (Wildman–Crippen MR) is 73.0 cm³/mol. The van der Waals surface area contributed by atoms with Crippen molar-refractivity contribution in [1.29, 1.82) is 0 Å². The molecule has 5 nitrogen and oxygen atoms in total. The lowest BCUT2D eigenvalue weighted by molar-refractivity contribution is 0.492. The summed E-state index contributed by atoms with van der Waals surface area (Å²) in [5.41, 5.74) is 2.33. The van der Waals surface area contributed by atoms with Gasteiger partial charge < -0.3 is 4.90 Å². The molecule has 98 valence electrons. The van der Waals surface area contributed by atoms with Crippen molar-refractivity contribution >= 4 is 5.95 Å². The highest BCUT2D eigenvalue weighted by molar-refractivity contribution is 5.32. The molecule has 1 aliphatic heterocycles. The molecule has 2 aromatic rings. The molecule has 0 N–H and O–H groups in total. The van der Waals surface area contributed by atoms with Gasteiger partial charge in [0.15, 0.2) is 0 Å². The Morgan fingerprint density at radius 2 is 2.05 bits per heavy atom. The van der Waals surface area contributed by atoms with Crippen LogP contribution >= 0.6 is 0 Å². The molecule has 0 radical (unpaired) electrons. The fourth-order valence-corrected chi connectivity index (χ4v) is 2.67. The summed E-state index contributed by atoms with van der Waals surface area (Å²) >= 11 is 0. The van der Waals surface area contributed by atoms with E-state index < -0.39 is 0 Å². The molecule has 1 unspecified atom stereocenters. The van der Waals surface area contributed by atoms with Gasteiger partial charge in [0, 0.05) is 37.6 Å². The summed E-state index contributed by atoms with van der Waals surface area (Å²) in [7, 11) is 0. The lowest BCUT2D eigenvalue weighted by Crippen LogP contribution is -2.36. The zero-order valence-corrected chi connectivity index (χ0v) is 11.0. The van der Waals surface area contributed by atoms with Crippen molar-refractivity contribution in [1.82, 2.24) is 19.9 Å². The zero-order chi connectivity index (χ0) is 13.1. The van der Waals surface area contributed by atoms with Crippen LogP contribution in [-0.4, -0.2) is 33.0 Å². The number of piperidine rings is 1. The molecule has 2 aromatic heterocycles. The van der Waals surface area contributed by atoms with E-state index in [0.29, 0.717) is 5.92 Å². The minimum Gasteiger partial charge on any atom is -0.340 e. The Morgan fingerprint density at radius 3 is 2.84 bits per heavy atom. The van der Waals surface area contributed by atoms with Crippen LogP contribution in [0.5, 0.6) is 0 Å². The number of rotatable bonds is 2. The standard InChI is InChI=1S/C14H17N5/c1-11-8-15-10-18-13(11)12-4-2-7-19(9-12)14-16-5-3-6-17-14/h3,5-6,8,10,12H,2,4,7,9H2,1H3. The summed E-state index contributed by atoms with van der Waals surface area (Å²) in [6.07, 6.45) is 9.43. The van der Waals surface area contributed by atoms with Gasteiger partial charge in [-0.25, -0.2) is 19.9 Å². The number of hydrogen-bond acceptors (Lipinski definition) is 5. The average Bonchev–Trinajstić information content (AvgIpc) is 2.49. The molecule has 0 saturated carbocycles. The molecule has 3 heterocycles. The second-order valence-electron chi connectivity index (χ2n) is 4.92. The first-order valence-corrected chi connectivity index (χ1v) is 6.63. The van der Waals surface area contributed by atoms with E-state index >= 15 is 0 Å². The van der Waals surface area contributed by atoms with Gasteiger partial charge in [-0.3, -0.25) is 0 Å². The van der Waals surface area contributed by atoms with Crippen LogP contribution in [0.3, 0.4) is 0 Å². The van der Waals surface area contributed by atoms with Gasteiger partial charge in [-0.15, -0.1) is 0 Å². The summed E-state index contributed by atoms with van der Waals surface area (Å²) in [6, 6.07) is 1.85. The van der Waals surface area contributed by atoms with E-state index in [4.69, 9.17) is 0 Å². The Balaban J connectivity index is 1.81. The predicted octanol–water partition coefficient (Wildman–Crippen LogP) is 1.96. The van der Waals surface area contributed by atoms with Crippen LogP contribution in [0, 0.1) is 6.92 Å². The quantitative estimate of drug-likeness (QED) is 0.821. The SMILES string of the molecule is Cc1cncnc1C1CCCN(c2ncccn2)C1. The molecular formula is C14H17N5. The highest BCUT2D eigenvalue weighted by Crippen LogP contribution is 2.28. The lowest BCUT2D eigenvalue weighted by atomic mass is 9.92. The van der Waals surface area contributed by atoms with Crippen LogP contribution in [0.25, 0.3) is 0 Å². The molecule has 0 aliphatic carbocycles. The Hall–Kier alpha value is -2.04. The van der Waals surface area contributed by atoms with Crippen molar-refractivity contribution in [2.75, 3.05) is 18.0 Å². The fourth-order valence-electron chi connectivity index (χ4n) is 2.67. The Kier molecular flexibility index (Phi) is 3.35. The summed E-state index contributed by atoms with van der Waals surface area (Å²) in [5.74, 6) is 1.26. The van der Waals surface area contributed by atoms with Crippen molar-refractivity contribution in [3.8, 4) is 0 Å². The maximum atomic E-state index is 4.45. The van der Waals surface area contributed by atoms with Crippen LogP contribution in [0.4, 0.5) is 5.95 Å². The third kappa shape index (κ3) is 2.54. The summed E-state index contributed by atoms with van der Waals surface area (Å²) in [4.78, 5) is 19.4. The van der Waals surface area contributed by atoms with E-state index in [1.54, 1.807) is 18.7 Å². The molecule has 1 atom stereocenters.